The molecule has 22 heavy (non-hydrogen) atoms. The molecule has 1 aromatic rings. The fourth-order valence-corrected chi connectivity index (χ4v) is 3.46. The molecule has 1 aliphatic carbocycles. The predicted molar refractivity (Wildman–Crippen MR) is 91.9 cm³/mol. The van der Waals surface area contributed by atoms with Gasteiger partial charge in [0.1, 0.15) is 10.8 Å². The zero-order valence-electron chi connectivity index (χ0n) is 13.4. The van der Waals surface area contributed by atoms with Crippen molar-refractivity contribution >= 4 is 29.1 Å². The molecule has 124 valence electrons. The van der Waals surface area contributed by atoms with Gasteiger partial charge in [0.05, 0.1) is 5.02 Å². The molecular formula is C16H25Cl2N3O. The van der Waals surface area contributed by atoms with Gasteiger partial charge in [0.2, 0.25) is 0 Å². The zero-order valence-corrected chi connectivity index (χ0v) is 14.9. The normalized spacial score (nSPS) is 16.2. The van der Waals surface area contributed by atoms with E-state index in [0.29, 0.717) is 22.4 Å². The minimum Gasteiger partial charge on any atom is -0.351 e. The van der Waals surface area contributed by atoms with E-state index in [1.807, 2.05) is 0 Å². The summed E-state index contributed by atoms with van der Waals surface area (Å²) in [5.41, 5.74) is 0.496. The highest BCUT2D eigenvalue weighted by molar-refractivity contribution is 6.41. The van der Waals surface area contributed by atoms with Crippen molar-refractivity contribution in [3.8, 4) is 0 Å². The van der Waals surface area contributed by atoms with Crippen LogP contribution in [-0.2, 0) is 7.05 Å². The maximum absolute atomic E-state index is 12.1. The summed E-state index contributed by atoms with van der Waals surface area (Å²) in [6.07, 6.45) is 7.64. The summed E-state index contributed by atoms with van der Waals surface area (Å²) in [5, 5.41) is 3.74. The van der Waals surface area contributed by atoms with Crippen LogP contribution >= 0.6 is 23.2 Å². The van der Waals surface area contributed by atoms with Gasteiger partial charge in [0, 0.05) is 19.6 Å². The van der Waals surface area contributed by atoms with E-state index in [-0.39, 0.29) is 5.91 Å². The molecule has 0 spiro atoms. The van der Waals surface area contributed by atoms with Gasteiger partial charge in [-0.15, -0.1) is 0 Å². The highest BCUT2D eigenvalue weighted by Crippen LogP contribution is 2.25. The lowest BCUT2D eigenvalue weighted by Crippen LogP contribution is -2.36. The molecular weight excluding hydrogens is 321 g/mol. The molecule has 1 fully saturated rings. The molecule has 0 bridgehead atoms. The number of hydrogen-bond acceptors (Lipinski definition) is 2. The minimum atomic E-state index is -0.128. The Hall–Kier alpha value is -0.710. The molecule has 6 heteroatoms. The molecule has 0 radical (unpaired) electrons. The number of aromatic nitrogens is 1. The van der Waals surface area contributed by atoms with Gasteiger partial charge < -0.3 is 14.8 Å². The minimum absolute atomic E-state index is 0.128. The zero-order chi connectivity index (χ0) is 16.1. The number of rotatable bonds is 6. The van der Waals surface area contributed by atoms with Gasteiger partial charge >= 0.3 is 0 Å². The average molecular weight is 346 g/mol. The molecule has 4 nitrogen and oxygen atoms in total. The summed E-state index contributed by atoms with van der Waals surface area (Å²) in [4.78, 5) is 14.5. The Balaban J connectivity index is 1.71. The number of amides is 1. The van der Waals surface area contributed by atoms with E-state index in [1.54, 1.807) is 17.7 Å². The van der Waals surface area contributed by atoms with Crippen molar-refractivity contribution in [2.45, 2.75) is 44.6 Å². The summed E-state index contributed by atoms with van der Waals surface area (Å²) in [6.45, 7) is 1.68. The van der Waals surface area contributed by atoms with Crippen LogP contribution in [0.1, 0.15) is 49.0 Å². The Morgan fingerprint density at radius 1 is 1.36 bits per heavy atom. The Kier molecular flexibility index (Phi) is 6.60. The number of carbonyl (C=O) groups is 1. The maximum Gasteiger partial charge on any atom is 0.267 e. The molecule has 2 rings (SSSR count). The van der Waals surface area contributed by atoms with Gasteiger partial charge in [-0.2, -0.15) is 0 Å². The highest BCUT2D eigenvalue weighted by atomic mass is 35.5. The number of halogens is 2. The Morgan fingerprint density at radius 2 is 2.05 bits per heavy atom. The molecule has 0 unspecified atom stereocenters. The van der Waals surface area contributed by atoms with Gasteiger partial charge in [-0.1, -0.05) is 42.5 Å². The fraction of sp³-hybridized carbons (Fsp3) is 0.688. The van der Waals surface area contributed by atoms with Gasteiger partial charge in [0.15, 0.2) is 0 Å². The van der Waals surface area contributed by atoms with Gasteiger partial charge in [-0.25, -0.2) is 0 Å². The van der Waals surface area contributed by atoms with E-state index < -0.39 is 0 Å². The van der Waals surface area contributed by atoms with Gasteiger partial charge in [-0.05, 0) is 38.9 Å². The monoisotopic (exact) mass is 345 g/mol. The Bertz CT molecular complexity index is 510. The molecule has 0 atom stereocenters. The summed E-state index contributed by atoms with van der Waals surface area (Å²) in [7, 11) is 3.93. The third kappa shape index (κ3) is 4.40. The van der Waals surface area contributed by atoms with Crippen molar-refractivity contribution in [1.29, 1.82) is 0 Å². The van der Waals surface area contributed by atoms with Crippen LogP contribution < -0.4 is 5.32 Å². The standard InChI is InChI=1S/C16H25Cl2N3O/c1-20(12-7-4-3-5-8-12)10-6-9-19-16(22)14-11-13(17)15(18)21(14)2/h11-12H,3-10H2,1-2H3,(H,19,22). The van der Waals surface area contributed by atoms with Crippen molar-refractivity contribution in [2.75, 3.05) is 20.1 Å². The maximum atomic E-state index is 12.1. The first-order valence-corrected chi connectivity index (χ1v) is 8.75. The van der Waals surface area contributed by atoms with Crippen LogP contribution in [0.25, 0.3) is 0 Å². The lowest BCUT2D eigenvalue weighted by Gasteiger charge is -2.31. The molecule has 1 aromatic heterocycles. The average Bonchev–Trinajstić information content (AvgIpc) is 2.79. The Labute approximate surface area is 142 Å². The third-order valence-electron chi connectivity index (χ3n) is 4.52. The van der Waals surface area contributed by atoms with Crippen LogP contribution in [0.15, 0.2) is 6.07 Å². The van der Waals surface area contributed by atoms with Crippen molar-refractivity contribution in [3.05, 3.63) is 21.9 Å². The highest BCUT2D eigenvalue weighted by Gasteiger charge is 2.18. The first kappa shape index (κ1) is 17.6. The van der Waals surface area contributed by atoms with E-state index in [4.69, 9.17) is 23.2 Å². The Morgan fingerprint density at radius 3 is 2.64 bits per heavy atom. The molecule has 1 N–H and O–H groups in total. The van der Waals surface area contributed by atoms with E-state index in [2.05, 4.69) is 17.3 Å². The lowest BCUT2D eigenvalue weighted by atomic mass is 9.94. The smallest absolute Gasteiger partial charge is 0.267 e. The molecule has 1 amide bonds. The van der Waals surface area contributed by atoms with Gasteiger partial charge in [0.25, 0.3) is 5.91 Å². The third-order valence-corrected chi connectivity index (χ3v) is 5.36. The van der Waals surface area contributed by atoms with E-state index in [9.17, 15) is 4.79 Å². The fourth-order valence-electron chi connectivity index (χ4n) is 3.09. The molecule has 0 saturated heterocycles. The van der Waals surface area contributed by atoms with Gasteiger partial charge in [-0.3, -0.25) is 4.79 Å². The topological polar surface area (TPSA) is 37.3 Å². The largest absolute Gasteiger partial charge is 0.351 e. The first-order chi connectivity index (χ1) is 10.5. The first-order valence-electron chi connectivity index (χ1n) is 8.00. The molecule has 1 saturated carbocycles. The summed E-state index contributed by atoms with van der Waals surface area (Å²) in [6, 6.07) is 2.32. The molecule has 0 aliphatic heterocycles. The molecule has 0 aromatic carbocycles. The quantitative estimate of drug-likeness (QED) is 0.797. The van der Waals surface area contributed by atoms with Crippen LogP contribution in [0.5, 0.6) is 0 Å². The number of nitrogens with zero attached hydrogens (tertiary/aromatic N) is 2. The summed E-state index contributed by atoms with van der Waals surface area (Å²) >= 11 is 11.9. The van der Waals surface area contributed by atoms with Crippen LogP contribution in [0.2, 0.25) is 10.2 Å². The van der Waals surface area contributed by atoms with Crippen molar-refractivity contribution < 1.29 is 4.79 Å². The SMILES string of the molecule is CN(CCCNC(=O)c1cc(Cl)c(Cl)n1C)C1CCCCC1. The van der Waals surface area contributed by atoms with Crippen LogP contribution in [-0.4, -0.2) is 41.6 Å². The van der Waals surface area contributed by atoms with Crippen molar-refractivity contribution in [2.24, 2.45) is 7.05 Å². The molecule has 1 heterocycles. The second-order valence-corrected chi connectivity index (χ2v) is 6.87. The predicted octanol–water partition coefficient (Wildman–Crippen LogP) is 3.72. The van der Waals surface area contributed by atoms with E-state index >= 15 is 0 Å². The number of hydrogen-bond donors (Lipinski definition) is 1. The lowest BCUT2D eigenvalue weighted by molar-refractivity contribution is 0.0942. The second kappa shape index (κ2) is 8.23. The van der Waals surface area contributed by atoms with Crippen LogP contribution in [0.3, 0.4) is 0 Å². The summed E-state index contributed by atoms with van der Waals surface area (Å²) < 4.78 is 1.60. The summed E-state index contributed by atoms with van der Waals surface area (Å²) in [5.74, 6) is -0.128. The van der Waals surface area contributed by atoms with Crippen molar-refractivity contribution in [3.63, 3.8) is 0 Å². The number of nitrogens with one attached hydrogen (secondary N) is 1. The van der Waals surface area contributed by atoms with Crippen LogP contribution in [0, 0.1) is 0 Å². The molecule has 1 aliphatic rings. The van der Waals surface area contributed by atoms with Crippen molar-refractivity contribution in [1.82, 2.24) is 14.8 Å². The second-order valence-electron chi connectivity index (χ2n) is 6.11. The van der Waals surface area contributed by atoms with E-state index in [1.165, 1.54) is 32.1 Å². The van der Waals surface area contributed by atoms with E-state index in [0.717, 1.165) is 19.0 Å². The van der Waals surface area contributed by atoms with Crippen LogP contribution in [0.4, 0.5) is 0 Å². The number of carbonyl (C=O) groups excluding carboxylic acids is 1.